The Labute approximate surface area is 197 Å². The van der Waals surface area contributed by atoms with Crippen molar-refractivity contribution in [2.24, 2.45) is 0 Å². The number of para-hydroxylation sites is 2. The van der Waals surface area contributed by atoms with E-state index < -0.39 is 0 Å². The molecule has 0 aliphatic heterocycles. The summed E-state index contributed by atoms with van der Waals surface area (Å²) in [5, 5.41) is 6.51. The number of hydrogen-bond donors (Lipinski definition) is 2. The van der Waals surface area contributed by atoms with Crippen molar-refractivity contribution in [1.29, 1.82) is 0 Å². The number of benzene rings is 3. The van der Waals surface area contributed by atoms with Crippen LogP contribution in [0, 0.1) is 13.8 Å². The number of anilines is 1. The fraction of sp³-hybridized carbons (Fsp3) is 0.192. The molecule has 1 heterocycles. The number of rotatable bonds is 7. The van der Waals surface area contributed by atoms with Crippen LogP contribution >= 0.6 is 11.6 Å². The van der Waals surface area contributed by atoms with Crippen molar-refractivity contribution in [3.8, 4) is 0 Å². The zero-order valence-electron chi connectivity index (χ0n) is 18.6. The highest BCUT2D eigenvalue weighted by atomic mass is 35.5. The largest absolute Gasteiger partial charge is 0.352 e. The van der Waals surface area contributed by atoms with Crippen LogP contribution in [0.4, 0.5) is 5.69 Å². The Kier molecular flexibility index (Phi) is 6.75. The van der Waals surface area contributed by atoms with E-state index in [-0.39, 0.29) is 18.4 Å². The molecule has 0 spiro atoms. The van der Waals surface area contributed by atoms with E-state index in [9.17, 15) is 9.59 Å². The fourth-order valence-electron chi connectivity index (χ4n) is 3.69. The first-order chi connectivity index (χ1) is 15.9. The van der Waals surface area contributed by atoms with E-state index in [1.807, 2.05) is 60.9 Å². The van der Waals surface area contributed by atoms with E-state index in [0.717, 1.165) is 33.7 Å². The lowest BCUT2D eigenvalue weighted by Gasteiger charge is -2.12. The SMILES string of the molecule is Cc1ccc(C)c(NC(=O)Cn2c(CCNC(=O)c3ccc(Cl)cc3)nc3ccccc32)c1. The lowest BCUT2D eigenvalue weighted by molar-refractivity contribution is -0.116. The Balaban J connectivity index is 1.48. The Morgan fingerprint density at radius 1 is 1.00 bits per heavy atom. The molecule has 4 rings (SSSR count). The number of fused-ring (bicyclic) bond motifs is 1. The molecule has 33 heavy (non-hydrogen) atoms. The molecule has 0 bridgehead atoms. The van der Waals surface area contributed by atoms with Gasteiger partial charge in [-0.2, -0.15) is 0 Å². The van der Waals surface area contributed by atoms with E-state index in [1.165, 1.54) is 0 Å². The average Bonchev–Trinajstić information content (AvgIpc) is 3.14. The summed E-state index contributed by atoms with van der Waals surface area (Å²) in [7, 11) is 0. The van der Waals surface area contributed by atoms with Crippen LogP contribution < -0.4 is 10.6 Å². The van der Waals surface area contributed by atoms with Gasteiger partial charge in [-0.15, -0.1) is 0 Å². The number of imidazole rings is 1. The predicted molar refractivity (Wildman–Crippen MR) is 132 cm³/mol. The summed E-state index contributed by atoms with van der Waals surface area (Å²) in [5.41, 5.74) is 5.14. The topological polar surface area (TPSA) is 76.0 Å². The highest BCUT2D eigenvalue weighted by molar-refractivity contribution is 6.30. The first-order valence-corrected chi connectivity index (χ1v) is 11.1. The summed E-state index contributed by atoms with van der Waals surface area (Å²) in [6.45, 7) is 4.49. The summed E-state index contributed by atoms with van der Waals surface area (Å²) in [5.74, 6) is 0.434. The molecular weight excluding hydrogens is 436 g/mol. The first kappa shape index (κ1) is 22.6. The number of hydrogen-bond acceptors (Lipinski definition) is 3. The molecule has 0 saturated heterocycles. The quantitative estimate of drug-likeness (QED) is 0.411. The van der Waals surface area contributed by atoms with Crippen molar-refractivity contribution < 1.29 is 9.59 Å². The monoisotopic (exact) mass is 460 g/mol. The second-order valence-corrected chi connectivity index (χ2v) is 8.42. The Hall–Kier alpha value is -3.64. The van der Waals surface area contributed by atoms with Crippen LogP contribution in [-0.2, 0) is 17.8 Å². The van der Waals surface area contributed by atoms with E-state index in [0.29, 0.717) is 23.6 Å². The smallest absolute Gasteiger partial charge is 0.251 e. The van der Waals surface area contributed by atoms with Gasteiger partial charge in [-0.05, 0) is 67.4 Å². The average molecular weight is 461 g/mol. The van der Waals surface area contributed by atoms with Crippen molar-refractivity contribution in [2.45, 2.75) is 26.8 Å². The number of halogens is 1. The molecule has 2 amide bonds. The number of carbonyl (C=O) groups excluding carboxylic acids is 2. The molecular formula is C26H25ClN4O2. The van der Waals surface area contributed by atoms with Crippen molar-refractivity contribution in [1.82, 2.24) is 14.9 Å². The molecule has 3 aromatic carbocycles. The van der Waals surface area contributed by atoms with Crippen molar-refractivity contribution >= 4 is 40.1 Å². The number of aryl methyl sites for hydroxylation is 2. The van der Waals surface area contributed by atoms with Gasteiger partial charge >= 0.3 is 0 Å². The first-order valence-electron chi connectivity index (χ1n) is 10.8. The number of carbonyl (C=O) groups is 2. The molecule has 0 fully saturated rings. The molecule has 4 aromatic rings. The Morgan fingerprint density at radius 2 is 1.76 bits per heavy atom. The number of amides is 2. The van der Waals surface area contributed by atoms with Crippen molar-refractivity contribution in [2.75, 3.05) is 11.9 Å². The van der Waals surface area contributed by atoms with Crippen LogP contribution in [0.2, 0.25) is 5.02 Å². The number of nitrogens with one attached hydrogen (secondary N) is 2. The summed E-state index contributed by atoms with van der Waals surface area (Å²) >= 11 is 5.89. The third-order valence-electron chi connectivity index (χ3n) is 5.44. The molecule has 0 saturated carbocycles. The molecule has 0 atom stereocenters. The lowest BCUT2D eigenvalue weighted by Crippen LogP contribution is -2.27. The molecule has 2 N–H and O–H groups in total. The third kappa shape index (κ3) is 5.41. The highest BCUT2D eigenvalue weighted by Crippen LogP contribution is 2.19. The second-order valence-electron chi connectivity index (χ2n) is 7.98. The minimum absolute atomic E-state index is 0.127. The highest BCUT2D eigenvalue weighted by Gasteiger charge is 2.15. The Bertz CT molecular complexity index is 1310. The number of aromatic nitrogens is 2. The maximum atomic E-state index is 12.9. The normalized spacial score (nSPS) is 10.9. The third-order valence-corrected chi connectivity index (χ3v) is 5.70. The van der Waals surface area contributed by atoms with Crippen LogP contribution in [0.15, 0.2) is 66.7 Å². The maximum Gasteiger partial charge on any atom is 0.251 e. The van der Waals surface area contributed by atoms with Gasteiger partial charge < -0.3 is 15.2 Å². The van der Waals surface area contributed by atoms with E-state index in [2.05, 4.69) is 10.6 Å². The standard InChI is InChI=1S/C26H25ClN4O2/c1-17-7-8-18(2)22(15-17)30-25(32)16-31-23-6-4-3-5-21(23)29-24(31)13-14-28-26(33)19-9-11-20(27)12-10-19/h3-12,15H,13-14,16H2,1-2H3,(H,28,33)(H,30,32). The minimum Gasteiger partial charge on any atom is -0.352 e. The zero-order valence-corrected chi connectivity index (χ0v) is 19.3. The summed E-state index contributed by atoms with van der Waals surface area (Å²) in [6.07, 6.45) is 0.491. The second kappa shape index (κ2) is 9.88. The number of nitrogens with zero attached hydrogens (tertiary/aromatic N) is 2. The Morgan fingerprint density at radius 3 is 2.55 bits per heavy atom. The van der Waals surface area contributed by atoms with Gasteiger partial charge in [-0.1, -0.05) is 35.9 Å². The van der Waals surface area contributed by atoms with Crippen LogP contribution in [-0.4, -0.2) is 27.9 Å². The molecule has 168 valence electrons. The van der Waals surface area contributed by atoms with Gasteiger partial charge in [0.25, 0.3) is 5.91 Å². The minimum atomic E-state index is -0.179. The fourth-order valence-corrected chi connectivity index (χ4v) is 3.81. The molecule has 0 unspecified atom stereocenters. The van der Waals surface area contributed by atoms with E-state index in [4.69, 9.17) is 16.6 Å². The summed E-state index contributed by atoms with van der Waals surface area (Å²) in [4.78, 5) is 30.0. The van der Waals surface area contributed by atoms with Crippen molar-refractivity contribution in [3.63, 3.8) is 0 Å². The summed E-state index contributed by atoms with van der Waals surface area (Å²) < 4.78 is 1.91. The van der Waals surface area contributed by atoms with Gasteiger partial charge in [0, 0.05) is 29.2 Å². The molecule has 1 aromatic heterocycles. The maximum absolute atomic E-state index is 12.9. The predicted octanol–water partition coefficient (Wildman–Crippen LogP) is 4.92. The van der Waals surface area contributed by atoms with Gasteiger partial charge in [0.05, 0.1) is 11.0 Å². The zero-order chi connectivity index (χ0) is 23.4. The lowest BCUT2D eigenvalue weighted by atomic mass is 10.1. The van der Waals surface area contributed by atoms with Crippen LogP contribution in [0.5, 0.6) is 0 Å². The molecule has 0 radical (unpaired) electrons. The van der Waals surface area contributed by atoms with Crippen LogP contribution in [0.25, 0.3) is 11.0 Å². The van der Waals surface area contributed by atoms with Gasteiger partial charge in [-0.25, -0.2) is 4.98 Å². The van der Waals surface area contributed by atoms with E-state index in [1.54, 1.807) is 24.3 Å². The molecule has 0 aliphatic carbocycles. The molecule has 7 heteroatoms. The van der Waals surface area contributed by atoms with E-state index >= 15 is 0 Å². The van der Waals surface area contributed by atoms with Crippen LogP contribution in [0.3, 0.4) is 0 Å². The van der Waals surface area contributed by atoms with Gasteiger partial charge in [0.2, 0.25) is 5.91 Å². The summed E-state index contributed by atoms with van der Waals surface area (Å²) in [6, 6.07) is 20.4. The molecule has 6 nitrogen and oxygen atoms in total. The van der Waals surface area contributed by atoms with Gasteiger partial charge in [0.15, 0.2) is 0 Å². The van der Waals surface area contributed by atoms with Crippen molar-refractivity contribution in [3.05, 3.63) is 94.3 Å². The van der Waals surface area contributed by atoms with Gasteiger partial charge in [0.1, 0.15) is 12.4 Å². The molecule has 0 aliphatic rings. The van der Waals surface area contributed by atoms with Crippen LogP contribution in [0.1, 0.15) is 27.3 Å². The van der Waals surface area contributed by atoms with Gasteiger partial charge in [-0.3, -0.25) is 9.59 Å².